The maximum Gasteiger partial charge on any atom is 0.433 e. The molecule has 1 aromatic carbocycles. The second kappa shape index (κ2) is 3.19. The van der Waals surface area contributed by atoms with Gasteiger partial charge in [-0.2, -0.15) is 18.3 Å². The number of pyridine rings is 1. The zero-order chi connectivity index (χ0) is 12.0. The van der Waals surface area contributed by atoms with E-state index < -0.39 is 11.9 Å². The van der Waals surface area contributed by atoms with Gasteiger partial charge in [0.05, 0.1) is 10.9 Å². The van der Waals surface area contributed by atoms with Crippen LogP contribution in [0.15, 0.2) is 30.5 Å². The van der Waals surface area contributed by atoms with E-state index in [0.29, 0.717) is 16.4 Å². The van der Waals surface area contributed by atoms with Crippen LogP contribution in [0.3, 0.4) is 0 Å². The molecule has 0 saturated carbocycles. The number of benzene rings is 1. The van der Waals surface area contributed by atoms with E-state index >= 15 is 0 Å². The fourth-order valence-electron chi connectivity index (χ4n) is 1.82. The van der Waals surface area contributed by atoms with Crippen LogP contribution in [0.25, 0.3) is 21.8 Å². The minimum absolute atomic E-state index is 0.00352. The molecule has 0 bridgehead atoms. The van der Waals surface area contributed by atoms with Crippen molar-refractivity contribution in [1.82, 2.24) is 15.2 Å². The quantitative estimate of drug-likeness (QED) is 0.652. The number of aromatic nitrogens is 3. The van der Waals surface area contributed by atoms with E-state index in [4.69, 9.17) is 0 Å². The molecule has 0 saturated heterocycles. The summed E-state index contributed by atoms with van der Waals surface area (Å²) in [5, 5.41) is 6.36. The highest BCUT2D eigenvalue weighted by Crippen LogP contribution is 2.34. The first-order valence-electron chi connectivity index (χ1n) is 4.86. The van der Waals surface area contributed by atoms with Crippen LogP contribution in [0, 0.1) is 0 Å². The van der Waals surface area contributed by atoms with Gasteiger partial charge >= 0.3 is 6.18 Å². The van der Waals surface area contributed by atoms with E-state index in [1.807, 2.05) is 5.10 Å². The smallest absolute Gasteiger partial charge is 0.272 e. The van der Waals surface area contributed by atoms with Crippen molar-refractivity contribution < 1.29 is 13.2 Å². The molecule has 6 heteroatoms. The van der Waals surface area contributed by atoms with Gasteiger partial charge in [0.1, 0.15) is 11.2 Å². The summed E-state index contributed by atoms with van der Waals surface area (Å²) in [6, 6.07) is 6.95. The van der Waals surface area contributed by atoms with Crippen molar-refractivity contribution in [3.05, 3.63) is 36.2 Å². The number of nitrogens with one attached hydrogen (secondary N) is 1. The number of hydrogen-bond acceptors (Lipinski definition) is 2. The number of aromatic amines is 1. The summed E-state index contributed by atoms with van der Waals surface area (Å²) < 4.78 is 38.0. The summed E-state index contributed by atoms with van der Waals surface area (Å²) >= 11 is 0. The summed E-state index contributed by atoms with van der Waals surface area (Å²) in [5.41, 5.74) is 0.0638. The fraction of sp³-hybridized carbons (Fsp3) is 0.0909. The molecule has 2 heterocycles. The second-order valence-electron chi connectivity index (χ2n) is 3.63. The van der Waals surface area contributed by atoms with Crippen LogP contribution < -0.4 is 0 Å². The summed E-state index contributed by atoms with van der Waals surface area (Å²) in [6.45, 7) is 0. The molecular formula is C11H6F3N3. The Kier molecular flexibility index (Phi) is 1.89. The number of hydrogen-bond donors (Lipinski definition) is 1. The number of alkyl halides is 3. The van der Waals surface area contributed by atoms with Crippen molar-refractivity contribution in [2.75, 3.05) is 0 Å². The lowest BCUT2D eigenvalue weighted by Gasteiger charge is -2.03. The van der Waals surface area contributed by atoms with Gasteiger partial charge in [-0.15, -0.1) is 0 Å². The number of para-hydroxylation sites is 1. The molecule has 0 fully saturated rings. The number of nitrogens with zero attached hydrogens (tertiary/aromatic N) is 2. The predicted octanol–water partition coefficient (Wildman–Crippen LogP) is 3.13. The van der Waals surface area contributed by atoms with Crippen LogP contribution in [-0.2, 0) is 6.18 Å². The van der Waals surface area contributed by atoms with E-state index in [1.54, 1.807) is 24.3 Å². The topological polar surface area (TPSA) is 41.6 Å². The molecular weight excluding hydrogens is 231 g/mol. The monoisotopic (exact) mass is 237 g/mol. The van der Waals surface area contributed by atoms with E-state index in [1.165, 1.54) is 6.20 Å². The molecule has 3 nitrogen and oxygen atoms in total. The van der Waals surface area contributed by atoms with Crippen LogP contribution in [0.1, 0.15) is 5.69 Å². The van der Waals surface area contributed by atoms with Crippen molar-refractivity contribution in [3.63, 3.8) is 0 Å². The average molecular weight is 237 g/mol. The number of halogens is 3. The van der Waals surface area contributed by atoms with Crippen LogP contribution in [-0.4, -0.2) is 15.2 Å². The summed E-state index contributed by atoms with van der Waals surface area (Å²) in [4.78, 5) is 4.00. The molecule has 0 spiro atoms. The molecule has 1 N–H and O–H groups in total. The third kappa shape index (κ3) is 1.44. The Morgan fingerprint density at radius 2 is 1.82 bits per heavy atom. The van der Waals surface area contributed by atoms with Gasteiger partial charge in [0.15, 0.2) is 0 Å². The molecule has 3 aromatic rings. The van der Waals surface area contributed by atoms with Gasteiger partial charge < -0.3 is 0 Å². The van der Waals surface area contributed by atoms with Crippen LogP contribution >= 0.6 is 0 Å². The minimum atomic E-state index is -4.45. The highest BCUT2D eigenvalue weighted by atomic mass is 19.4. The largest absolute Gasteiger partial charge is 0.433 e. The third-order valence-corrected chi connectivity index (χ3v) is 2.58. The van der Waals surface area contributed by atoms with Gasteiger partial charge in [-0.3, -0.25) is 10.1 Å². The van der Waals surface area contributed by atoms with Crippen molar-refractivity contribution in [2.24, 2.45) is 0 Å². The van der Waals surface area contributed by atoms with E-state index in [-0.39, 0.29) is 5.39 Å². The molecule has 0 aliphatic heterocycles. The maximum atomic E-state index is 12.7. The Morgan fingerprint density at radius 1 is 1.06 bits per heavy atom. The molecule has 86 valence electrons. The fourth-order valence-corrected chi connectivity index (χ4v) is 1.82. The molecule has 0 aliphatic rings. The molecule has 2 aromatic heterocycles. The van der Waals surface area contributed by atoms with Crippen molar-refractivity contribution in [2.45, 2.75) is 6.18 Å². The highest BCUT2D eigenvalue weighted by molar-refractivity contribution is 6.03. The first kappa shape index (κ1) is 10.1. The van der Waals surface area contributed by atoms with Gasteiger partial charge in [-0.25, -0.2) is 0 Å². The van der Waals surface area contributed by atoms with E-state index in [2.05, 4.69) is 10.1 Å². The number of fused-ring (bicyclic) bond motifs is 3. The Bertz CT molecular complexity index is 700. The number of rotatable bonds is 0. The lowest BCUT2D eigenvalue weighted by molar-refractivity contribution is -0.139. The highest BCUT2D eigenvalue weighted by Gasteiger charge is 2.35. The summed E-state index contributed by atoms with van der Waals surface area (Å²) in [6.07, 6.45) is -3.25. The summed E-state index contributed by atoms with van der Waals surface area (Å²) in [5.74, 6) is 0. The zero-order valence-corrected chi connectivity index (χ0v) is 8.42. The van der Waals surface area contributed by atoms with Gasteiger partial charge in [-0.1, -0.05) is 18.2 Å². The molecule has 0 radical (unpaired) electrons. The molecule has 0 atom stereocenters. The predicted molar refractivity (Wildman–Crippen MR) is 56.4 cm³/mol. The lowest BCUT2D eigenvalue weighted by atomic mass is 10.1. The lowest BCUT2D eigenvalue weighted by Crippen LogP contribution is -2.05. The van der Waals surface area contributed by atoms with Gasteiger partial charge in [0, 0.05) is 11.6 Å². The van der Waals surface area contributed by atoms with Gasteiger partial charge in [0.25, 0.3) is 0 Å². The summed E-state index contributed by atoms with van der Waals surface area (Å²) in [7, 11) is 0. The zero-order valence-electron chi connectivity index (χ0n) is 8.42. The van der Waals surface area contributed by atoms with Crippen molar-refractivity contribution in [3.8, 4) is 0 Å². The van der Waals surface area contributed by atoms with Crippen molar-refractivity contribution >= 4 is 21.8 Å². The number of H-pyrrole nitrogens is 1. The first-order chi connectivity index (χ1) is 8.07. The Labute approximate surface area is 93.3 Å². The van der Waals surface area contributed by atoms with Gasteiger partial charge in [-0.05, 0) is 6.07 Å². The SMILES string of the molecule is FC(F)(F)c1[nH]nc2c1cnc1ccccc12. The molecule has 0 unspecified atom stereocenters. The van der Waals surface area contributed by atoms with Crippen LogP contribution in [0.4, 0.5) is 13.2 Å². The molecule has 0 aliphatic carbocycles. The Balaban J connectivity index is 2.43. The Hall–Kier alpha value is -2.11. The minimum Gasteiger partial charge on any atom is -0.272 e. The van der Waals surface area contributed by atoms with Crippen molar-refractivity contribution in [1.29, 1.82) is 0 Å². The molecule has 3 rings (SSSR count). The maximum absolute atomic E-state index is 12.7. The van der Waals surface area contributed by atoms with E-state index in [9.17, 15) is 13.2 Å². The molecule has 17 heavy (non-hydrogen) atoms. The first-order valence-corrected chi connectivity index (χ1v) is 4.86. The standard InChI is InChI=1S/C11H6F3N3/c12-11(13,14)10-7-5-15-8-4-2-1-3-6(8)9(7)16-17-10/h1-5H,(H,16,17). The van der Waals surface area contributed by atoms with E-state index in [0.717, 1.165) is 0 Å². The van der Waals surface area contributed by atoms with Crippen LogP contribution in [0.2, 0.25) is 0 Å². The van der Waals surface area contributed by atoms with Crippen LogP contribution in [0.5, 0.6) is 0 Å². The second-order valence-corrected chi connectivity index (χ2v) is 3.63. The normalized spacial score (nSPS) is 12.4. The molecule has 0 amide bonds. The Morgan fingerprint density at radius 3 is 2.59 bits per heavy atom. The third-order valence-electron chi connectivity index (χ3n) is 2.58. The average Bonchev–Trinajstić information content (AvgIpc) is 2.72. The van der Waals surface area contributed by atoms with Gasteiger partial charge in [0.2, 0.25) is 0 Å².